The van der Waals surface area contributed by atoms with Crippen LogP contribution in [-0.4, -0.2) is 40.7 Å². The summed E-state index contributed by atoms with van der Waals surface area (Å²) in [6.45, 7) is 3.77. The Morgan fingerprint density at radius 1 is 1.00 bits per heavy atom. The van der Waals surface area contributed by atoms with E-state index in [0.717, 1.165) is 33.5 Å². The van der Waals surface area contributed by atoms with Crippen LogP contribution in [0.4, 0.5) is 10.6 Å². The van der Waals surface area contributed by atoms with Gasteiger partial charge in [-0.3, -0.25) is 9.59 Å². The first kappa shape index (κ1) is 23.9. The fourth-order valence-electron chi connectivity index (χ4n) is 4.44. The Labute approximate surface area is 203 Å². The number of carbonyl (C=O) groups excluding carboxylic acids is 2. The van der Waals surface area contributed by atoms with Crippen LogP contribution >= 0.6 is 0 Å². The number of pyridine rings is 1. The number of alkyl carbamates (subject to hydrolysis) is 1. The second-order valence-electron chi connectivity index (χ2n) is 8.62. The minimum absolute atomic E-state index is 0.0871. The summed E-state index contributed by atoms with van der Waals surface area (Å²) in [6.07, 6.45) is -1.16. The van der Waals surface area contributed by atoms with Crippen LogP contribution in [0.3, 0.4) is 0 Å². The Balaban J connectivity index is 1.43. The number of carboxylic acid groups (broad SMARTS) is 1. The standard InChI is InChI=1S/C27H27N3O5/c1-16-13-17(2)28-24(14-16)30-26(33)23(11-12-25(31)32)29-27(34)35-15-22-20-9-5-3-7-18(20)19-8-4-6-10-21(19)22/h3-10,13-14,22-23H,11-12,15H2,1-2H3,(H,29,34)(H,31,32)(H,28,30,33). The van der Waals surface area contributed by atoms with Crippen molar-refractivity contribution in [3.05, 3.63) is 83.0 Å². The van der Waals surface area contributed by atoms with Gasteiger partial charge in [-0.25, -0.2) is 9.78 Å². The average Bonchev–Trinajstić information content (AvgIpc) is 3.13. The van der Waals surface area contributed by atoms with Crippen molar-refractivity contribution in [2.75, 3.05) is 11.9 Å². The highest BCUT2D eigenvalue weighted by Gasteiger charge is 2.30. The van der Waals surface area contributed by atoms with Crippen molar-refractivity contribution >= 4 is 23.8 Å². The minimum atomic E-state index is -1.09. The maximum atomic E-state index is 12.9. The topological polar surface area (TPSA) is 118 Å². The molecule has 0 fully saturated rings. The van der Waals surface area contributed by atoms with Crippen molar-refractivity contribution in [2.45, 2.75) is 38.6 Å². The number of hydrogen-bond donors (Lipinski definition) is 3. The van der Waals surface area contributed by atoms with Crippen LogP contribution < -0.4 is 10.6 Å². The van der Waals surface area contributed by atoms with Crippen molar-refractivity contribution < 1.29 is 24.2 Å². The van der Waals surface area contributed by atoms with Crippen LogP contribution in [0.25, 0.3) is 11.1 Å². The quantitative estimate of drug-likeness (QED) is 0.446. The number of amides is 2. The first-order valence-electron chi connectivity index (χ1n) is 11.4. The van der Waals surface area contributed by atoms with Crippen molar-refractivity contribution in [2.24, 2.45) is 0 Å². The van der Waals surface area contributed by atoms with E-state index in [-0.39, 0.29) is 25.4 Å². The molecule has 2 amide bonds. The van der Waals surface area contributed by atoms with E-state index in [1.807, 2.05) is 61.5 Å². The molecule has 1 aromatic heterocycles. The molecule has 1 heterocycles. The van der Waals surface area contributed by atoms with Gasteiger partial charge in [0.25, 0.3) is 0 Å². The molecule has 0 radical (unpaired) electrons. The molecule has 180 valence electrons. The fourth-order valence-corrected chi connectivity index (χ4v) is 4.44. The van der Waals surface area contributed by atoms with Gasteiger partial charge in [0.2, 0.25) is 5.91 Å². The lowest BCUT2D eigenvalue weighted by Gasteiger charge is -2.19. The van der Waals surface area contributed by atoms with E-state index in [4.69, 9.17) is 9.84 Å². The van der Waals surface area contributed by atoms with Crippen LogP contribution in [0.1, 0.15) is 41.1 Å². The van der Waals surface area contributed by atoms with E-state index in [1.165, 1.54) is 0 Å². The third kappa shape index (κ3) is 5.66. The van der Waals surface area contributed by atoms with Gasteiger partial charge in [0.15, 0.2) is 0 Å². The summed E-state index contributed by atoms with van der Waals surface area (Å²) in [6, 6.07) is 18.4. The van der Waals surface area contributed by atoms with Crippen LogP contribution in [-0.2, 0) is 14.3 Å². The highest BCUT2D eigenvalue weighted by Crippen LogP contribution is 2.44. The Bertz CT molecular complexity index is 1210. The zero-order chi connectivity index (χ0) is 24.9. The Morgan fingerprint density at radius 2 is 1.63 bits per heavy atom. The zero-order valence-corrected chi connectivity index (χ0v) is 19.6. The summed E-state index contributed by atoms with van der Waals surface area (Å²) in [7, 11) is 0. The van der Waals surface area contributed by atoms with Gasteiger partial charge < -0.3 is 20.5 Å². The summed E-state index contributed by atoms with van der Waals surface area (Å²) in [4.78, 5) is 40.9. The van der Waals surface area contributed by atoms with Gasteiger partial charge in [0, 0.05) is 18.0 Å². The van der Waals surface area contributed by atoms with Crippen LogP contribution in [0.2, 0.25) is 0 Å². The van der Waals surface area contributed by atoms with Crippen molar-refractivity contribution in [1.29, 1.82) is 0 Å². The van der Waals surface area contributed by atoms with Crippen molar-refractivity contribution in [1.82, 2.24) is 10.3 Å². The maximum Gasteiger partial charge on any atom is 0.407 e. The summed E-state index contributed by atoms with van der Waals surface area (Å²) in [5.74, 6) is -1.42. The van der Waals surface area contributed by atoms with Gasteiger partial charge in [-0.1, -0.05) is 48.5 Å². The third-order valence-corrected chi connectivity index (χ3v) is 5.95. The fraction of sp³-hybridized carbons (Fsp3) is 0.259. The summed E-state index contributed by atoms with van der Waals surface area (Å²) < 4.78 is 5.52. The van der Waals surface area contributed by atoms with Crippen LogP contribution in [0, 0.1) is 13.8 Å². The molecule has 1 unspecified atom stereocenters. The van der Waals surface area contributed by atoms with Crippen LogP contribution in [0.5, 0.6) is 0 Å². The monoisotopic (exact) mass is 473 g/mol. The van der Waals surface area contributed by atoms with Gasteiger partial charge in [-0.2, -0.15) is 0 Å². The third-order valence-electron chi connectivity index (χ3n) is 5.95. The van der Waals surface area contributed by atoms with Gasteiger partial charge in [0.05, 0.1) is 0 Å². The smallest absolute Gasteiger partial charge is 0.407 e. The molecule has 2 aromatic carbocycles. The summed E-state index contributed by atoms with van der Waals surface area (Å²) in [5.41, 5.74) is 6.00. The Hall–Kier alpha value is -4.20. The molecule has 35 heavy (non-hydrogen) atoms. The summed E-state index contributed by atoms with van der Waals surface area (Å²) >= 11 is 0. The highest BCUT2D eigenvalue weighted by atomic mass is 16.5. The molecule has 1 aliphatic rings. The molecule has 0 aliphatic heterocycles. The molecule has 0 saturated carbocycles. The SMILES string of the molecule is Cc1cc(C)nc(NC(=O)C(CCC(=O)O)NC(=O)OCC2c3ccccc3-c3ccccc32)c1. The second-order valence-corrected chi connectivity index (χ2v) is 8.62. The molecule has 1 atom stereocenters. The molecule has 3 N–H and O–H groups in total. The predicted octanol–water partition coefficient (Wildman–Crippen LogP) is 4.41. The molecule has 3 aromatic rings. The number of anilines is 1. The van der Waals surface area contributed by atoms with Crippen molar-refractivity contribution in [3.63, 3.8) is 0 Å². The van der Waals surface area contributed by atoms with E-state index in [2.05, 4.69) is 15.6 Å². The molecule has 0 bridgehead atoms. The predicted molar refractivity (Wildman–Crippen MR) is 131 cm³/mol. The van der Waals surface area contributed by atoms with Gasteiger partial charge in [-0.15, -0.1) is 0 Å². The number of carboxylic acids is 1. The number of benzene rings is 2. The number of aromatic nitrogens is 1. The minimum Gasteiger partial charge on any atom is -0.481 e. The second kappa shape index (κ2) is 10.4. The van der Waals surface area contributed by atoms with E-state index >= 15 is 0 Å². The Kier molecular flexibility index (Phi) is 7.10. The molecule has 4 rings (SSSR count). The number of fused-ring (bicyclic) bond motifs is 3. The van der Waals surface area contributed by atoms with Gasteiger partial charge in [-0.05, 0) is 60.2 Å². The number of aliphatic carboxylic acids is 1. The largest absolute Gasteiger partial charge is 0.481 e. The number of carbonyl (C=O) groups is 3. The molecule has 0 saturated heterocycles. The maximum absolute atomic E-state index is 12.9. The first-order valence-corrected chi connectivity index (χ1v) is 11.4. The Morgan fingerprint density at radius 3 is 2.23 bits per heavy atom. The average molecular weight is 474 g/mol. The zero-order valence-electron chi connectivity index (χ0n) is 19.6. The summed E-state index contributed by atoms with van der Waals surface area (Å²) in [5, 5.41) is 14.3. The number of aryl methyl sites for hydroxylation is 2. The number of rotatable bonds is 8. The molecule has 0 spiro atoms. The first-order chi connectivity index (χ1) is 16.8. The molecule has 8 nitrogen and oxygen atoms in total. The lowest BCUT2D eigenvalue weighted by Crippen LogP contribution is -2.44. The number of nitrogens with one attached hydrogen (secondary N) is 2. The molecular weight excluding hydrogens is 446 g/mol. The number of nitrogens with zero attached hydrogens (tertiary/aromatic N) is 1. The lowest BCUT2D eigenvalue weighted by molar-refractivity contribution is -0.137. The van der Waals surface area contributed by atoms with E-state index < -0.39 is 24.0 Å². The number of ether oxygens (including phenoxy) is 1. The highest BCUT2D eigenvalue weighted by molar-refractivity contribution is 5.96. The molecular formula is C27H27N3O5. The van der Waals surface area contributed by atoms with Crippen molar-refractivity contribution in [3.8, 4) is 11.1 Å². The van der Waals surface area contributed by atoms with E-state index in [0.29, 0.717) is 5.82 Å². The normalized spacial score (nSPS) is 12.9. The molecule has 8 heteroatoms. The number of hydrogen-bond acceptors (Lipinski definition) is 5. The van der Waals surface area contributed by atoms with Gasteiger partial charge in [0.1, 0.15) is 18.5 Å². The van der Waals surface area contributed by atoms with E-state index in [9.17, 15) is 14.4 Å². The molecule has 1 aliphatic carbocycles. The van der Waals surface area contributed by atoms with Crippen LogP contribution in [0.15, 0.2) is 60.7 Å². The van der Waals surface area contributed by atoms with Gasteiger partial charge >= 0.3 is 12.1 Å². The van der Waals surface area contributed by atoms with E-state index in [1.54, 1.807) is 13.0 Å². The lowest BCUT2D eigenvalue weighted by atomic mass is 9.98.